The van der Waals surface area contributed by atoms with Crippen LogP contribution in [0.15, 0.2) is 29.2 Å². The van der Waals surface area contributed by atoms with E-state index in [9.17, 15) is 23.1 Å². The van der Waals surface area contributed by atoms with E-state index in [0.29, 0.717) is 13.1 Å². The molecule has 1 aliphatic rings. The minimum Gasteiger partial charge on any atom is -0.548 e. The lowest BCUT2D eigenvalue weighted by Gasteiger charge is -2.16. The van der Waals surface area contributed by atoms with Crippen LogP contribution in [0, 0.1) is 0 Å². The Labute approximate surface area is 129 Å². The standard InChI is InChI=1S/C14H18N2O5S/c1-10(14(18)19)15-13(17)11-4-6-12(7-5-11)22(20,21)16-8-2-3-9-16/h4-7,10H,2-3,8-9H2,1H3,(H,15,17)(H,18,19)/p-1/t10-/m0/s1. The predicted octanol–water partition coefficient (Wildman–Crippen LogP) is -0.661. The van der Waals surface area contributed by atoms with Gasteiger partial charge in [-0.15, -0.1) is 0 Å². The Morgan fingerprint density at radius 2 is 1.73 bits per heavy atom. The number of hydrogen-bond acceptors (Lipinski definition) is 5. The molecule has 0 aliphatic carbocycles. The highest BCUT2D eigenvalue weighted by Gasteiger charge is 2.27. The highest BCUT2D eigenvalue weighted by atomic mass is 32.2. The number of carboxylic acid groups (broad SMARTS) is 1. The number of rotatable bonds is 5. The first-order valence-corrected chi connectivity index (χ1v) is 8.38. The summed E-state index contributed by atoms with van der Waals surface area (Å²) in [5.41, 5.74) is 0.188. The molecule has 1 amide bonds. The third-order valence-electron chi connectivity index (χ3n) is 3.52. The van der Waals surface area contributed by atoms with Crippen molar-refractivity contribution >= 4 is 21.9 Å². The quantitative estimate of drug-likeness (QED) is 0.773. The van der Waals surface area contributed by atoms with Gasteiger partial charge in [-0.05, 0) is 44.0 Å². The molecule has 1 atom stereocenters. The summed E-state index contributed by atoms with van der Waals surface area (Å²) in [6.07, 6.45) is 1.70. The summed E-state index contributed by atoms with van der Waals surface area (Å²) in [5.74, 6) is -1.98. The fourth-order valence-electron chi connectivity index (χ4n) is 2.19. The topological polar surface area (TPSA) is 107 Å². The molecule has 2 rings (SSSR count). The number of nitrogens with zero attached hydrogens (tertiary/aromatic N) is 1. The van der Waals surface area contributed by atoms with Crippen molar-refractivity contribution in [3.8, 4) is 0 Å². The van der Waals surface area contributed by atoms with Gasteiger partial charge in [-0.25, -0.2) is 8.42 Å². The SMILES string of the molecule is C[C@H](NC(=O)c1ccc(S(=O)(=O)N2CCCC2)cc1)C(=O)[O-]. The van der Waals surface area contributed by atoms with Crippen LogP contribution in [-0.4, -0.2) is 43.7 Å². The first kappa shape index (κ1) is 16.4. The number of carboxylic acids is 1. The summed E-state index contributed by atoms with van der Waals surface area (Å²) in [7, 11) is -3.52. The third kappa shape index (κ3) is 3.45. The minimum atomic E-state index is -3.52. The molecule has 1 fully saturated rings. The lowest BCUT2D eigenvalue weighted by Crippen LogP contribution is -2.45. The molecule has 0 radical (unpaired) electrons. The summed E-state index contributed by atoms with van der Waals surface area (Å²) in [6, 6.07) is 4.31. The number of carbonyl (C=O) groups excluding carboxylic acids is 2. The smallest absolute Gasteiger partial charge is 0.251 e. The molecule has 0 bridgehead atoms. The van der Waals surface area contributed by atoms with Crippen molar-refractivity contribution < 1.29 is 23.1 Å². The van der Waals surface area contributed by atoms with Crippen LogP contribution in [0.4, 0.5) is 0 Å². The molecule has 1 N–H and O–H groups in total. The average Bonchev–Trinajstić information content (AvgIpc) is 3.02. The maximum absolute atomic E-state index is 12.3. The minimum absolute atomic E-state index is 0.124. The molecule has 0 unspecified atom stereocenters. The van der Waals surface area contributed by atoms with Gasteiger partial charge in [0.25, 0.3) is 5.91 Å². The fraction of sp³-hybridized carbons (Fsp3) is 0.429. The van der Waals surface area contributed by atoms with Gasteiger partial charge in [0.1, 0.15) is 0 Å². The van der Waals surface area contributed by atoms with Crippen molar-refractivity contribution in [1.29, 1.82) is 0 Å². The Morgan fingerprint density at radius 3 is 2.23 bits per heavy atom. The zero-order chi connectivity index (χ0) is 16.3. The zero-order valence-corrected chi connectivity index (χ0v) is 12.9. The summed E-state index contributed by atoms with van der Waals surface area (Å²) < 4.78 is 26.1. The monoisotopic (exact) mass is 325 g/mol. The third-order valence-corrected chi connectivity index (χ3v) is 5.43. The van der Waals surface area contributed by atoms with E-state index < -0.39 is 27.9 Å². The number of amides is 1. The number of hydrogen-bond donors (Lipinski definition) is 1. The van der Waals surface area contributed by atoms with E-state index in [1.54, 1.807) is 0 Å². The normalized spacial score (nSPS) is 17.1. The average molecular weight is 325 g/mol. The van der Waals surface area contributed by atoms with Crippen molar-refractivity contribution in [3.05, 3.63) is 29.8 Å². The van der Waals surface area contributed by atoms with Gasteiger partial charge in [0.15, 0.2) is 0 Å². The number of carbonyl (C=O) groups is 2. The second-order valence-electron chi connectivity index (χ2n) is 5.15. The lowest BCUT2D eigenvalue weighted by atomic mass is 10.2. The van der Waals surface area contributed by atoms with E-state index >= 15 is 0 Å². The zero-order valence-electron chi connectivity index (χ0n) is 12.1. The highest BCUT2D eigenvalue weighted by molar-refractivity contribution is 7.89. The van der Waals surface area contributed by atoms with E-state index in [1.165, 1.54) is 35.5 Å². The van der Waals surface area contributed by atoms with Crippen molar-refractivity contribution in [3.63, 3.8) is 0 Å². The lowest BCUT2D eigenvalue weighted by molar-refractivity contribution is -0.307. The maximum Gasteiger partial charge on any atom is 0.251 e. The van der Waals surface area contributed by atoms with Gasteiger partial charge in [0, 0.05) is 18.7 Å². The molecule has 0 aromatic heterocycles. The van der Waals surface area contributed by atoms with E-state index in [2.05, 4.69) is 5.32 Å². The Kier molecular flexibility index (Phi) is 4.82. The van der Waals surface area contributed by atoms with Crippen molar-refractivity contribution in [2.45, 2.75) is 30.7 Å². The molecule has 1 aliphatic heterocycles. The Hall–Kier alpha value is -1.93. The molecule has 1 heterocycles. The molecule has 1 aromatic carbocycles. The summed E-state index contributed by atoms with van der Waals surface area (Å²) in [6.45, 7) is 2.31. The number of benzene rings is 1. The van der Waals surface area contributed by atoms with Crippen LogP contribution in [0.5, 0.6) is 0 Å². The van der Waals surface area contributed by atoms with Crippen molar-refractivity contribution in [1.82, 2.24) is 9.62 Å². The molecule has 0 spiro atoms. The van der Waals surface area contributed by atoms with Gasteiger partial charge in [-0.1, -0.05) is 0 Å². The van der Waals surface area contributed by atoms with E-state index in [0.717, 1.165) is 12.8 Å². The molecule has 7 nitrogen and oxygen atoms in total. The molecule has 22 heavy (non-hydrogen) atoms. The van der Waals surface area contributed by atoms with Crippen LogP contribution in [-0.2, 0) is 14.8 Å². The van der Waals surface area contributed by atoms with Crippen LogP contribution in [0.2, 0.25) is 0 Å². The van der Waals surface area contributed by atoms with Gasteiger partial charge in [-0.2, -0.15) is 4.31 Å². The first-order valence-electron chi connectivity index (χ1n) is 6.94. The van der Waals surface area contributed by atoms with Crippen LogP contribution in [0.1, 0.15) is 30.1 Å². The first-order chi connectivity index (χ1) is 10.3. The highest BCUT2D eigenvalue weighted by Crippen LogP contribution is 2.21. The second kappa shape index (κ2) is 6.45. The summed E-state index contributed by atoms with van der Waals surface area (Å²) >= 11 is 0. The Balaban J connectivity index is 2.13. The molecule has 0 saturated carbocycles. The Morgan fingerprint density at radius 1 is 1.18 bits per heavy atom. The number of aliphatic carboxylic acids is 1. The van der Waals surface area contributed by atoms with Crippen LogP contribution in [0.3, 0.4) is 0 Å². The number of nitrogens with one attached hydrogen (secondary N) is 1. The van der Waals surface area contributed by atoms with Crippen LogP contribution >= 0.6 is 0 Å². The van der Waals surface area contributed by atoms with Crippen LogP contribution in [0.25, 0.3) is 0 Å². The van der Waals surface area contributed by atoms with Crippen LogP contribution < -0.4 is 10.4 Å². The van der Waals surface area contributed by atoms with Crippen molar-refractivity contribution in [2.75, 3.05) is 13.1 Å². The fourth-order valence-corrected chi connectivity index (χ4v) is 3.71. The molecule has 8 heteroatoms. The van der Waals surface area contributed by atoms with Crippen molar-refractivity contribution in [2.24, 2.45) is 0 Å². The number of sulfonamides is 1. The van der Waals surface area contributed by atoms with E-state index in [1.807, 2.05) is 0 Å². The van der Waals surface area contributed by atoms with Gasteiger partial charge < -0.3 is 15.2 Å². The van der Waals surface area contributed by atoms with Gasteiger partial charge >= 0.3 is 0 Å². The molecule has 1 saturated heterocycles. The van der Waals surface area contributed by atoms with E-state index in [-0.39, 0.29) is 10.5 Å². The largest absolute Gasteiger partial charge is 0.548 e. The molecular weight excluding hydrogens is 308 g/mol. The predicted molar refractivity (Wildman–Crippen MR) is 76.4 cm³/mol. The maximum atomic E-state index is 12.3. The molecule has 120 valence electrons. The van der Waals surface area contributed by atoms with Gasteiger partial charge in [0.2, 0.25) is 10.0 Å². The summed E-state index contributed by atoms with van der Waals surface area (Å²) in [4.78, 5) is 22.5. The summed E-state index contributed by atoms with van der Waals surface area (Å²) in [5, 5.41) is 12.8. The second-order valence-corrected chi connectivity index (χ2v) is 7.09. The van der Waals surface area contributed by atoms with Gasteiger partial charge in [0.05, 0.1) is 16.9 Å². The molecule has 1 aromatic rings. The van der Waals surface area contributed by atoms with Gasteiger partial charge in [-0.3, -0.25) is 4.79 Å². The van der Waals surface area contributed by atoms with E-state index in [4.69, 9.17) is 0 Å². The molecular formula is C14H17N2O5S-. The Bertz CT molecular complexity index is 663.